The molecular weight excluding hydrogens is 524 g/mol. The van der Waals surface area contributed by atoms with Gasteiger partial charge in [-0.15, -0.1) is 0 Å². The maximum absolute atomic E-state index is 13.6. The molecule has 2 aromatic carbocycles. The maximum atomic E-state index is 13.6. The lowest BCUT2D eigenvalue weighted by atomic mass is 10.1. The van der Waals surface area contributed by atoms with Crippen molar-refractivity contribution in [2.75, 3.05) is 24.2 Å². The molecule has 0 bridgehead atoms. The third-order valence-electron chi connectivity index (χ3n) is 5.29. The monoisotopic (exact) mass is 554 g/mol. The second kappa shape index (κ2) is 11.8. The number of hydrogen-bond donors (Lipinski definition) is 1. The highest BCUT2D eigenvalue weighted by atomic mass is 35.5. The van der Waals surface area contributed by atoms with E-state index in [2.05, 4.69) is 5.32 Å². The Bertz CT molecular complexity index is 1280. The number of carbonyl (C=O) groups is 2. The van der Waals surface area contributed by atoms with Gasteiger partial charge in [0.25, 0.3) is 5.69 Å². The van der Waals surface area contributed by atoms with E-state index in [4.69, 9.17) is 16.3 Å². The zero-order valence-corrected chi connectivity index (χ0v) is 23.1. The molecule has 0 aromatic heterocycles. The second-order valence-electron chi connectivity index (χ2n) is 9.41. The van der Waals surface area contributed by atoms with Crippen molar-refractivity contribution in [2.45, 2.75) is 45.8 Å². The minimum Gasteiger partial charge on any atom is -0.495 e. The molecule has 2 amide bonds. The predicted molar refractivity (Wildman–Crippen MR) is 141 cm³/mol. The standard InChI is InChI=1S/C24H31ClN4O7S/c1-16(23(31)26-24(2,3)4)27(14-17-9-7-8-10-19(17)25)22(30)15-28(37(6,34)35)20-13-18(29(32)33)11-12-21(20)36-5/h7-13,16H,14-15H2,1-6H3,(H,26,31)/t16-/m0/s1. The van der Waals surface area contributed by atoms with Gasteiger partial charge < -0.3 is 15.0 Å². The molecule has 0 heterocycles. The summed E-state index contributed by atoms with van der Waals surface area (Å²) >= 11 is 6.30. The molecule has 202 valence electrons. The van der Waals surface area contributed by atoms with Crippen LogP contribution in [0.25, 0.3) is 0 Å². The van der Waals surface area contributed by atoms with Crippen LogP contribution in [0.5, 0.6) is 5.75 Å². The minimum atomic E-state index is -4.12. The Morgan fingerprint density at radius 2 is 1.81 bits per heavy atom. The van der Waals surface area contributed by atoms with Crippen LogP contribution in [-0.2, 0) is 26.2 Å². The third kappa shape index (κ3) is 8.05. The SMILES string of the molecule is COc1ccc([N+](=O)[O-])cc1N(CC(=O)N(Cc1ccccc1Cl)[C@@H](C)C(=O)NC(C)(C)C)S(C)(=O)=O. The topological polar surface area (TPSA) is 139 Å². The predicted octanol–water partition coefficient (Wildman–Crippen LogP) is 3.35. The minimum absolute atomic E-state index is 0.0139. The number of nitrogens with one attached hydrogen (secondary N) is 1. The van der Waals surface area contributed by atoms with Gasteiger partial charge in [-0.1, -0.05) is 29.8 Å². The van der Waals surface area contributed by atoms with Crippen molar-refractivity contribution in [3.8, 4) is 5.75 Å². The summed E-state index contributed by atoms with van der Waals surface area (Å²) in [6.07, 6.45) is 0.868. The summed E-state index contributed by atoms with van der Waals surface area (Å²) in [5, 5.41) is 14.5. The second-order valence-corrected chi connectivity index (χ2v) is 11.7. The molecule has 1 N–H and O–H groups in total. The number of benzene rings is 2. The van der Waals surface area contributed by atoms with Crippen LogP contribution in [0.3, 0.4) is 0 Å². The Labute approximate surface area is 221 Å². The van der Waals surface area contributed by atoms with Crippen molar-refractivity contribution in [3.63, 3.8) is 0 Å². The van der Waals surface area contributed by atoms with E-state index in [0.717, 1.165) is 22.7 Å². The molecular formula is C24H31ClN4O7S. The van der Waals surface area contributed by atoms with Crippen LogP contribution in [0.4, 0.5) is 11.4 Å². The van der Waals surface area contributed by atoms with Gasteiger partial charge in [0.15, 0.2) is 0 Å². The van der Waals surface area contributed by atoms with Crippen molar-refractivity contribution >= 4 is 44.8 Å². The molecule has 0 aliphatic carbocycles. The van der Waals surface area contributed by atoms with E-state index in [0.29, 0.717) is 10.6 Å². The van der Waals surface area contributed by atoms with E-state index in [9.17, 15) is 28.1 Å². The van der Waals surface area contributed by atoms with Gasteiger partial charge in [0.2, 0.25) is 21.8 Å². The summed E-state index contributed by atoms with van der Waals surface area (Å²) in [5.74, 6) is -1.16. The fraction of sp³-hybridized carbons (Fsp3) is 0.417. The molecule has 11 nitrogen and oxygen atoms in total. The molecule has 0 unspecified atom stereocenters. The summed E-state index contributed by atoms with van der Waals surface area (Å²) < 4.78 is 31.5. The van der Waals surface area contributed by atoms with Crippen molar-refractivity contribution in [1.82, 2.24) is 10.2 Å². The molecule has 0 aliphatic heterocycles. The van der Waals surface area contributed by atoms with Crippen LogP contribution >= 0.6 is 11.6 Å². The molecule has 2 rings (SSSR count). The quantitative estimate of drug-likeness (QED) is 0.351. The number of anilines is 1. The Balaban J connectivity index is 2.55. The highest BCUT2D eigenvalue weighted by Crippen LogP contribution is 2.34. The molecule has 1 atom stereocenters. The van der Waals surface area contributed by atoms with E-state index < -0.39 is 44.9 Å². The number of carbonyl (C=O) groups excluding carboxylic acids is 2. The highest BCUT2D eigenvalue weighted by Gasteiger charge is 2.33. The van der Waals surface area contributed by atoms with E-state index in [-0.39, 0.29) is 23.7 Å². The lowest BCUT2D eigenvalue weighted by Gasteiger charge is -2.33. The smallest absolute Gasteiger partial charge is 0.271 e. The van der Waals surface area contributed by atoms with Crippen LogP contribution < -0.4 is 14.4 Å². The Hall–Kier alpha value is -3.38. The molecule has 0 aliphatic rings. The van der Waals surface area contributed by atoms with Crippen LogP contribution in [0.1, 0.15) is 33.3 Å². The number of nitro groups is 1. The number of nitrogens with zero attached hydrogens (tertiary/aromatic N) is 3. The summed E-state index contributed by atoms with van der Waals surface area (Å²) in [4.78, 5) is 38.5. The summed E-state index contributed by atoms with van der Waals surface area (Å²) in [5.41, 5.74) is -0.605. The van der Waals surface area contributed by atoms with Crippen molar-refractivity contribution < 1.29 is 27.7 Å². The highest BCUT2D eigenvalue weighted by molar-refractivity contribution is 7.92. The van der Waals surface area contributed by atoms with Crippen molar-refractivity contribution in [3.05, 3.63) is 63.2 Å². The number of non-ortho nitro benzene ring substituents is 1. The fourth-order valence-electron chi connectivity index (χ4n) is 3.45. The first-order chi connectivity index (χ1) is 17.0. The normalized spacial score (nSPS) is 12.4. The first-order valence-corrected chi connectivity index (χ1v) is 13.4. The number of methoxy groups -OCH3 is 1. The number of nitro benzene ring substituents is 1. The molecule has 0 spiro atoms. The van der Waals surface area contributed by atoms with Crippen LogP contribution in [0.15, 0.2) is 42.5 Å². The van der Waals surface area contributed by atoms with Crippen LogP contribution in [-0.4, -0.2) is 61.5 Å². The van der Waals surface area contributed by atoms with Crippen LogP contribution in [0, 0.1) is 10.1 Å². The lowest BCUT2D eigenvalue weighted by Crippen LogP contribution is -2.54. The molecule has 0 saturated heterocycles. The molecule has 13 heteroatoms. The van der Waals surface area contributed by atoms with Gasteiger partial charge in [-0.2, -0.15) is 0 Å². The Morgan fingerprint density at radius 3 is 2.32 bits per heavy atom. The molecule has 0 radical (unpaired) electrons. The average molecular weight is 555 g/mol. The van der Waals surface area contributed by atoms with E-state index in [1.54, 1.807) is 45.0 Å². The fourth-order valence-corrected chi connectivity index (χ4v) is 4.49. The van der Waals surface area contributed by atoms with Crippen molar-refractivity contribution in [1.29, 1.82) is 0 Å². The lowest BCUT2D eigenvalue weighted by molar-refractivity contribution is -0.384. The van der Waals surface area contributed by atoms with Gasteiger partial charge in [-0.3, -0.25) is 24.0 Å². The van der Waals surface area contributed by atoms with Gasteiger partial charge >= 0.3 is 0 Å². The van der Waals surface area contributed by atoms with Gasteiger partial charge in [-0.25, -0.2) is 8.42 Å². The number of ether oxygens (including phenoxy) is 1. The van der Waals surface area contributed by atoms with Gasteiger partial charge in [0, 0.05) is 29.2 Å². The molecule has 0 fully saturated rings. The van der Waals surface area contributed by atoms with E-state index in [1.165, 1.54) is 25.0 Å². The van der Waals surface area contributed by atoms with E-state index in [1.807, 2.05) is 0 Å². The van der Waals surface area contributed by atoms with E-state index >= 15 is 0 Å². The molecule has 2 aromatic rings. The van der Waals surface area contributed by atoms with Gasteiger partial charge in [-0.05, 0) is 45.4 Å². The zero-order valence-electron chi connectivity index (χ0n) is 21.5. The van der Waals surface area contributed by atoms with Crippen molar-refractivity contribution in [2.24, 2.45) is 0 Å². The van der Waals surface area contributed by atoms with Crippen LogP contribution in [0.2, 0.25) is 5.02 Å². The maximum Gasteiger partial charge on any atom is 0.271 e. The Kier molecular flexibility index (Phi) is 9.50. The zero-order chi connectivity index (χ0) is 28.1. The summed E-state index contributed by atoms with van der Waals surface area (Å²) in [6, 6.07) is 9.18. The number of rotatable bonds is 10. The molecule has 37 heavy (non-hydrogen) atoms. The molecule has 0 saturated carbocycles. The third-order valence-corrected chi connectivity index (χ3v) is 6.78. The summed E-state index contributed by atoms with van der Waals surface area (Å²) in [7, 11) is -2.85. The Morgan fingerprint density at radius 1 is 1.19 bits per heavy atom. The first kappa shape index (κ1) is 29.8. The number of sulfonamides is 1. The number of halogens is 1. The first-order valence-electron chi connectivity index (χ1n) is 11.2. The average Bonchev–Trinajstić information content (AvgIpc) is 2.79. The number of hydrogen-bond acceptors (Lipinski definition) is 7. The van der Waals surface area contributed by atoms with Gasteiger partial charge in [0.1, 0.15) is 24.0 Å². The summed E-state index contributed by atoms with van der Waals surface area (Å²) in [6.45, 7) is 6.07. The largest absolute Gasteiger partial charge is 0.495 e. The van der Waals surface area contributed by atoms with Gasteiger partial charge in [0.05, 0.1) is 18.3 Å². The number of amides is 2.